The fourth-order valence-electron chi connectivity index (χ4n) is 2.86. The van der Waals surface area contributed by atoms with E-state index < -0.39 is 0 Å². The highest BCUT2D eigenvalue weighted by molar-refractivity contribution is 6.30. The third-order valence-corrected chi connectivity index (χ3v) is 4.65. The number of rotatable bonds is 5. The Morgan fingerprint density at radius 2 is 1.90 bits per heavy atom. The molecule has 0 unspecified atom stereocenters. The molecule has 116 valence electrons. The largest absolute Gasteiger partial charge is 0.343 e. The van der Waals surface area contributed by atoms with Gasteiger partial charge in [-0.2, -0.15) is 0 Å². The van der Waals surface area contributed by atoms with E-state index in [1.165, 1.54) is 5.56 Å². The summed E-state index contributed by atoms with van der Waals surface area (Å²) < 4.78 is 0. The van der Waals surface area contributed by atoms with Crippen LogP contribution in [0.15, 0.2) is 24.3 Å². The van der Waals surface area contributed by atoms with E-state index >= 15 is 0 Å². The number of carbonyl (C=O) groups is 1. The highest BCUT2D eigenvalue weighted by atomic mass is 35.5. The molecule has 1 amide bonds. The molecule has 2 rings (SSSR count). The number of carbonyl (C=O) groups excluding carboxylic acids is 1. The van der Waals surface area contributed by atoms with Gasteiger partial charge in [-0.1, -0.05) is 23.7 Å². The molecule has 0 saturated carbocycles. The van der Waals surface area contributed by atoms with E-state index in [2.05, 4.69) is 11.9 Å². The third-order valence-electron chi connectivity index (χ3n) is 4.40. The molecule has 1 aromatic rings. The van der Waals surface area contributed by atoms with Crippen LogP contribution in [0.2, 0.25) is 5.02 Å². The van der Waals surface area contributed by atoms with Crippen molar-refractivity contribution in [3.05, 3.63) is 34.9 Å². The monoisotopic (exact) mass is 308 g/mol. The highest BCUT2D eigenvalue weighted by Gasteiger charge is 2.23. The highest BCUT2D eigenvalue weighted by Crippen LogP contribution is 2.16. The molecule has 0 atom stereocenters. The molecule has 0 bridgehead atoms. The summed E-state index contributed by atoms with van der Waals surface area (Å²) in [5.41, 5.74) is 1.24. The minimum Gasteiger partial charge on any atom is -0.343 e. The van der Waals surface area contributed by atoms with Crippen molar-refractivity contribution < 1.29 is 4.79 Å². The maximum Gasteiger partial charge on any atom is 0.222 e. The van der Waals surface area contributed by atoms with Crippen molar-refractivity contribution >= 4 is 17.5 Å². The zero-order valence-electron chi connectivity index (χ0n) is 13.0. The maximum atomic E-state index is 12.3. The molecule has 1 saturated heterocycles. The predicted molar refractivity (Wildman–Crippen MR) is 87.7 cm³/mol. The molecule has 0 radical (unpaired) electrons. The molecule has 21 heavy (non-hydrogen) atoms. The number of hydrogen-bond acceptors (Lipinski definition) is 2. The first kappa shape index (κ1) is 16.3. The summed E-state index contributed by atoms with van der Waals surface area (Å²) in [7, 11) is 4.10. The predicted octanol–water partition coefficient (Wildman–Crippen LogP) is 3.22. The number of piperidine rings is 1. The van der Waals surface area contributed by atoms with Crippen LogP contribution in [-0.2, 0) is 11.2 Å². The summed E-state index contributed by atoms with van der Waals surface area (Å²) in [4.78, 5) is 16.6. The summed E-state index contributed by atoms with van der Waals surface area (Å²) in [6.45, 7) is 2.18. The zero-order chi connectivity index (χ0) is 15.2. The van der Waals surface area contributed by atoms with E-state index in [-0.39, 0.29) is 5.91 Å². The third kappa shape index (κ3) is 5.01. The summed E-state index contributed by atoms with van der Waals surface area (Å²) >= 11 is 5.87. The molecular weight excluding hydrogens is 284 g/mol. The first-order chi connectivity index (χ1) is 10.1. The zero-order valence-corrected chi connectivity index (χ0v) is 13.8. The molecule has 1 aliphatic heterocycles. The second-order valence-electron chi connectivity index (χ2n) is 6.02. The Morgan fingerprint density at radius 3 is 2.52 bits per heavy atom. The maximum absolute atomic E-state index is 12.3. The normalized spacial score (nSPS) is 16.9. The number of amides is 1. The Morgan fingerprint density at radius 1 is 1.29 bits per heavy atom. The van der Waals surface area contributed by atoms with Gasteiger partial charge in [0.05, 0.1) is 0 Å². The SMILES string of the molecule is CN1CCC(N(C)C(=O)CCCc2ccc(Cl)cc2)CC1. The number of halogens is 1. The number of nitrogens with zero attached hydrogens (tertiary/aromatic N) is 2. The van der Waals surface area contributed by atoms with E-state index in [0.29, 0.717) is 12.5 Å². The van der Waals surface area contributed by atoms with Crippen molar-refractivity contribution in [2.24, 2.45) is 0 Å². The van der Waals surface area contributed by atoms with Gasteiger partial charge in [-0.15, -0.1) is 0 Å². The first-order valence-electron chi connectivity index (χ1n) is 7.75. The lowest BCUT2D eigenvalue weighted by Crippen LogP contribution is -2.44. The van der Waals surface area contributed by atoms with Crippen molar-refractivity contribution in [2.45, 2.75) is 38.1 Å². The number of hydrogen-bond donors (Lipinski definition) is 0. The first-order valence-corrected chi connectivity index (χ1v) is 8.12. The molecule has 0 spiro atoms. The van der Waals surface area contributed by atoms with Gasteiger partial charge in [0.15, 0.2) is 0 Å². The molecule has 1 aliphatic rings. The molecule has 1 heterocycles. The van der Waals surface area contributed by atoms with E-state index in [0.717, 1.165) is 43.8 Å². The molecule has 4 heteroatoms. The van der Waals surface area contributed by atoms with Crippen molar-refractivity contribution in [1.82, 2.24) is 9.80 Å². The van der Waals surface area contributed by atoms with Gasteiger partial charge in [-0.3, -0.25) is 4.79 Å². The van der Waals surface area contributed by atoms with Gasteiger partial charge < -0.3 is 9.80 Å². The van der Waals surface area contributed by atoms with Gasteiger partial charge in [0.2, 0.25) is 5.91 Å². The lowest BCUT2D eigenvalue weighted by molar-refractivity contribution is -0.132. The van der Waals surface area contributed by atoms with Crippen molar-refractivity contribution in [3.8, 4) is 0 Å². The minimum atomic E-state index is 0.276. The van der Waals surface area contributed by atoms with Crippen LogP contribution in [0, 0.1) is 0 Å². The summed E-state index contributed by atoms with van der Waals surface area (Å²) in [6, 6.07) is 8.30. The summed E-state index contributed by atoms with van der Waals surface area (Å²) in [5, 5.41) is 0.761. The lowest BCUT2D eigenvalue weighted by atomic mass is 10.0. The van der Waals surface area contributed by atoms with Crippen molar-refractivity contribution in [3.63, 3.8) is 0 Å². The molecule has 1 aromatic carbocycles. The Kier molecular flexibility index (Phi) is 6.07. The lowest BCUT2D eigenvalue weighted by Gasteiger charge is -2.35. The van der Waals surface area contributed by atoms with Crippen LogP contribution in [0.1, 0.15) is 31.2 Å². The van der Waals surface area contributed by atoms with Gasteiger partial charge in [0, 0.05) is 24.5 Å². The van der Waals surface area contributed by atoms with Gasteiger partial charge in [0.25, 0.3) is 0 Å². The molecule has 1 fully saturated rings. The fourth-order valence-corrected chi connectivity index (χ4v) is 2.98. The fraction of sp³-hybridized carbons (Fsp3) is 0.588. The number of likely N-dealkylation sites (tertiary alicyclic amines) is 1. The smallest absolute Gasteiger partial charge is 0.222 e. The number of aryl methyl sites for hydroxylation is 1. The van der Waals surface area contributed by atoms with Gasteiger partial charge in [0.1, 0.15) is 0 Å². The standard InChI is InChI=1S/C17H25ClN2O/c1-19-12-10-16(11-13-19)20(2)17(21)5-3-4-14-6-8-15(18)9-7-14/h6-9,16H,3-5,10-13H2,1-2H3. The van der Waals surface area contributed by atoms with Crippen LogP contribution in [-0.4, -0.2) is 48.9 Å². The van der Waals surface area contributed by atoms with E-state index in [1.54, 1.807) is 0 Å². The molecular formula is C17H25ClN2O. The summed E-state index contributed by atoms with van der Waals surface area (Å²) in [5.74, 6) is 0.276. The van der Waals surface area contributed by atoms with Gasteiger partial charge >= 0.3 is 0 Å². The van der Waals surface area contributed by atoms with Crippen LogP contribution >= 0.6 is 11.6 Å². The molecule has 0 aliphatic carbocycles. The van der Waals surface area contributed by atoms with E-state index in [9.17, 15) is 4.79 Å². The van der Waals surface area contributed by atoms with Gasteiger partial charge in [-0.05, 0) is 63.5 Å². The Labute approximate surface area is 132 Å². The topological polar surface area (TPSA) is 23.6 Å². The van der Waals surface area contributed by atoms with E-state index in [1.807, 2.05) is 36.2 Å². The van der Waals surface area contributed by atoms with Crippen LogP contribution in [0.25, 0.3) is 0 Å². The second kappa shape index (κ2) is 7.81. The molecule has 0 N–H and O–H groups in total. The Hall–Kier alpha value is -1.06. The van der Waals surface area contributed by atoms with Gasteiger partial charge in [-0.25, -0.2) is 0 Å². The molecule has 3 nitrogen and oxygen atoms in total. The van der Waals surface area contributed by atoms with Crippen LogP contribution in [0.5, 0.6) is 0 Å². The van der Waals surface area contributed by atoms with Crippen LogP contribution in [0.3, 0.4) is 0 Å². The van der Waals surface area contributed by atoms with E-state index in [4.69, 9.17) is 11.6 Å². The second-order valence-corrected chi connectivity index (χ2v) is 6.46. The minimum absolute atomic E-state index is 0.276. The van der Waals surface area contributed by atoms with Crippen LogP contribution < -0.4 is 0 Å². The molecule has 0 aromatic heterocycles. The van der Waals surface area contributed by atoms with Crippen molar-refractivity contribution in [2.75, 3.05) is 27.2 Å². The van der Waals surface area contributed by atoms with Crippen LogP contribution in [0.4, 0.5) is 0 Å². The Bertz CT molecular complexity index is 452. The summed E-state index contributed by atoms with van der Waals surface area (Å²) in [6.07, 6.45) is 4.65. The average molecular weight is 309 g/mol. The Balaban J connectivity index is 1.72. The van der Waals surface area contributed by atoms with Crippen molar-refractivity contribution in [1.29, 1.82) is 0 Å². The number of benzene rings is 1. The quantitative estimate of drug-likeness (QED) is 0.834. The average Bonchev–Trinajstić information content (AvgIpc) is 2.49.